The van der Waals surface area contributed by atoms with E-state index < -0.39 is 0 Å². The lowest BCUT2D eigenvalue weighted by molar-refractivity contribution is 0.0994. The Morgan fingerprint density at radius 1 is 1.19 bits per heavy atom. The van der Waals surface area contributed by atoms with Crippen LogP contribution in [-0.4, -0.2) is 15.6 Å². The summed E-state index contributed by atoms with van der Waals surface area (Å²) in [6, 6.07) is 7.92. The molecule has 0 aliphatic heterocycles. The molecule has 0 amide bonds. The number of carbonyl (C=O) groups is 1. The van der Waals surface area contributed by atoms with Crippen LogP contribution in [0.25, 0.3) is 5.69 Å². The summed E-state index contributed by atoms with van der Waals surface area (Å²) in [5.41, 5.74) is 2.81. The zero-order valence-corrected chi connectivity index (χ0v) is 10.1. The fraction of sp³-hybridized carbons (Fsp3) is 0.167. The highest BCUT2D eigenvalue weighted by atomic mass is 79.9. The highest BCUT2D eigenvalue weighted by Gasteiger charge is 2.24. The maximum atomic E-state index is 11.5. The predicted molar refractivity (Wildman–Crippen MR) is 63.9 cm³/mol. The smallest absolute Gasteiger partial charge is 0.166 e. The quantitative estimate of drug-likeness (QED) is 0.803. The number of Topliss-reactive ketones (excluding diaryl/α,β-unsaturated/α-hetero) is 1. The Morgan fingerprint density at radius 3 is 2.69 bits per heavy atom. The van der Waals surface area contributed by atoms with Crippen molar-refractivity contribution in [2.24, 2.45) is 0 Å². The molecular formula is C12H9BrN2O. The van der Waals surface area contributed by atoms with E-state index in [1.807, 2.05) is 28.9 Å². The van der Waals surface area contributed by atoms with Gasteiger partial charge in [-0.25, -0.2) is 4.68 Å². The average molecular weight is 277 g/mol. The number of hydrogen-bond donors (Lipinski definition) is 0. The summed E-state index contributed by atoms with van der Waals surface area (Å²) in [5, 5.41) is 4.27. The van der Waals surface area contributed by atoms with E-state index in [-0.39, 0.29) is 5.78 Å². The lowest BCUT2D eigenvalue weighted by atomic mass is 10.2. The van der Waals surface area contributed by atoms with Gasteiger partial charge in [0.05, 0.1) is 23.1 Å². The molecule has 1 aromatic carbocycles. The molecule has 0 unspecified atom stereocenters. The molecule has 1 aromatic heterocycles. The largest absolute Gasteiger partial charge is 0.294 e. The van der Waals surface area contributed by atoms with E-state index >= 15 is 0 Å². The summed E-state index contributed by atoms with van der Waals surface area (Å²) in [4.78, 5) is 11.5. The van der Waals surface area contributed by atoms with Crippen molar-refractivity contribution in [3.8, 4) is 5.69 Å². The number of halogens is 1. The second-order valence-electron chi connectivity index (χ2n) is 3.82. The Kier molecular flexibility index (Phi) is 2.17. The first-order valence-corrected chi connectivity index (χ1v) is 5.91. The molecule has 0 atom stereocenters. The molecular weight excluding hydrogens is 268 g/mol. The highest BCUT2D eigenvalue weighted by molar-refractivity contribution is 9.10. The minimum Gasteiger partial charge on any atom is -0.294 e. The number of fused-ring (bicyclic) bond motifs is 1. The molecule has 0 fully saturated rings. The van der Waals surface area contributed by atoms with Gasteiger partial charge in [0, 0.05) is 10.9 Å². The third-order valence-corrected chi connectivity index (χ3v) is 3.36. The number of carbonyl (C=O) groups excluding carboxylic acids is 1. The summed E-state index contributed by atoms with van der Waals surface area (Å²) < 4.78 is 2.89. The second-order valence-corrected chi connectivity index (χ2v) is 4.73. The van der Waals surface area contributed by atoms with E-state index in [2.05, 4.69) is 21.0 Å². The van der Waals surface area contributed by atoms with Gasteiger partial charge in [-0.15, -0.1) is 0 Å². The van der Waals surface area contributed by atoms with Crippen LogP contribution in [-0.2, 0) is 6.42 Å². The van der Waals surface area contributed by atoms with Crippen LogP contribution in [0.5, 0.6) is 0 Å². The highest BCUT2D eigenvalue weighted by Crippen LogP contribution is 2.24. The van der Waals surface area contributed by atoms with Gasteiger partial charge in [0.1, 0.15) is 0 Å². The maximum absolute atomic E-state index is 11.5. The van der Waals surface area contributed by atoms with Crippen molar-refractivity contribution in [3.05, 3.63) is 46.2 Å². The van der Waals surface area contributed by atoms with Gasteiger partial charge in [-0.05, 0) is 30.7 Å². The topological polar surface area (TPSA) is 34.9 Å². The van der Waals surface area contributed by atoms with E-state index in [0.29, 0.717) is 6.42 Å². The Hall–Kier alpha value is -1.42. The normalized spacial score (nSPS) is 14.2. The molecule has 3 nitrogen and oxygen atoms in total. The number of benzene rings is 1. The second kappa shape index (κ2) is 3.56. The fourth-order valence-electron chi connectivity index (χ4n) is 2.02. The van der Waals surface area contributed by atoms with Crippen LogP contribution >= 0.6 is 15.9 Å². The Balaban J connectivity index is 2.11. The molecule has 0 saturated carbocycles. The molecule has 0 saturated heterocycles. The molecule has 4 heteroatoms. The van der Waals surface area contributed by atoms with Crippen molar-refractivity contribution in [1.82, 2.24) is 9.78 Å². The van der Waals surface area contributed by atoms with Crippen molar-refractivity contribution in [1.29, 1.82) is 0 Å². The van der Waals surface area contributed by atoms with Gasteiger partial charge in [-0.3, -0.25) is 4.79 Å². The minimum absolute atomic E-state index is 0.207. The van der Waals surface area contributed by atoms with Crippen molar-refractivity contribution in [3.63, 3.8) is 0 Å². The van der Waals surface area contributed by atoms with Crippen LogP contribution < -0.4 is 0 Å². The molecule has 2 aromatic rings. The Morgan fingerprint density at radius 2 is 1.94 bits per heavy atom. The number of ketones is 1. The van der Waals surface area contributed by atoms with Gasteiger partial charge in [0.25, 0.3) is 0 Å². The molecule has 16 heavy (non-hydrogen) atoms. The van der Waals surface area contributed by atoms with E-state index in [9.17, 15) is 4.79 Å². The Bertz CT molecular complexity index is 557. The van der Waals surface area contributed by atoms with Crippen LogP contribution in [0, 0.1) is 0 Å². The van der Waals surface area contributed by atoms with Crippen LogP contribution in [0.3, 0.4) is 0 Å². The zero-order chi connectivity index (χ0) is 11.1. The molecule has 0 spiro atoms. The van der Waals surface area contributed by atoms with E-state index in [1.165, 1.54) is 0 Å². The molecule has 80 valence electrons. The molecule has 0 bridgehead atoms. The van der Waals surface area contributed by atoms with Crippen LogP contribution in [0.1, 0.15) is 22.5 Å². The van der Waals surface area contributed by atoms with E-state index in [0.717, 1.165) is 27.8 Å². The van der Waals surface area contributed by atoms with Gasteiger partial charge in [0.2, 0.25) is 0 Å². The van der Waals surface area contributed by atoms with Gasteiger partial charge >= 0.3 is 0 Å². The third kappa shape index (κ3) is 1.41. The zero-order valence-electron chi connectivity index (χ0n) is 8.48. The predicted octanol–water partition coefficient (Wildman–Crippen LogP) is 2.76. The van der Waals surface area contributed by atoms with Gasteiger partial charge in [0.15, 0.2) is 5.78 Å². The van der Waals surface area contributed by atoms with Crippen LogP contribution in [0.2, 0.25) is 0 Å². The first-order chi connectivity index (χ1) is 7.75. The lowest BCUT2D eigenvalue weighted by Crippen LogP contribution is -2.00. The molecule has 1 aliphatic rings. The standard InChI is InChI=1S/C12H9BrN2O/c13-8-1-3-9(4-2-8)15-11-5-6-12(16)10(11)7-14-15/h1-4,7H,5-6H2. The summed E-state index contributed by atoms with van der Waals surface area (Å²) >= 11 is 3.40. The summed E-state index contributed by atoms with van der Waals surface area (Å²) in [6.07, 6.45) is 3.08. The van der Waals surface area contributed by atoms with Crippen molar-refractivity contribution >= 4 is 21.7 Å². The molecule has 0 N–H and O–H groups in total. The third-order valence-electron chi connectivity index (χ3n) is 2.83. The molecule has 3 rings (SSSR count). The molecule has 1 heterocycles. The summed E-state index contributed by atoms with van der Waals surface area (Å²) in [5.74, 6) is 0.207. The van der Waals surface area contributed by atoms with Crippen molar-refractivity contribution < 1.29 is 4.79 Å². The number of rotatable bonds is 1. The number of aromatic nitrogens is 2. The first kappa shape index (κ1) is 9.78. The van der Waals surface area contributed by atoms with Crippen molar-refractivity contribution in [2.75, 3.05) is 0 Å². The average Bonchev–Trinajstić information content (AvgIpc) is 2.84. The van der Waals surface area contributed by atoms with Gasteiger partial charge in [-0.1, -0.05) is 15.9 Å². The lowest BCUT2D eigenvalue weighted by Gasteiger charge is -2.04. The van der Waals surface area contributed by atoms with E-state index in [1.54, 1.807) is 6.20 Å². The molecule has 0 radical (unpaired) electrons. The van der Waals surface area contributed by atoms with Gasteiger partial charge < -0.3 is 0 Å². The van der Waals surface area contributed by atoms with E-state index in [4.69, 9.17) is 0 Å². The summed E-state index contributed by atoms with van der Waals surface area (Å²) in [7, 11) is 0. The minimum atomic E-state index is 0.207. The molecule has 1 aliphatic carbocycles. The SMILES string of the molecule is O=C1CCc2c1cnn2-c1ccc(Br)cc1. The fourth-order valence-corrected chi connectivity index (χ4v) is 2.28. The maximum Gasteiger partial charge on any atom is 0.166 e. The monoisotopic (exact) mass is 276 g/mol. The number of hydrogen-bond acceptors (Lipinski definition) is 2. The Labute approximate surface area is 101 Å². The first-order valence-electron chi connectivity index (χ1n) is 5.12. The number of nitrogens with zero attached hydrogens (tertiary/aromatic N) is 2. The summed E-state index contributed by atoms with van der Waals surface area (Å²) in [6.45, 7) is 0. The van der Waals surface area contributed by atoms with Crippen LogP contribution in [0.4, 0.5) is 0 Å². The van der Waals surface area contributed by atoms with Crippen molar-refractivity contribution in [2.45, 2.75) is 12.8 Å². The van der Waals surface area contributed by atoms with Crippen LogP contribution in [0.15, 0.2) is 34.9 Å². The van der Waals surface area contributed by atoms with Gasteiger partial charge in [-0.2, -0.15) is 5.10 Å².